The van der Waals surface area contributed by atoms with Crippen LogP contribution in [0.5, 0.6) is 0 Å². The molecule has 1 aromatic rings. The van der Waals surface area contributed by atoms with Gasteiger partial charge in [0.05, 0.1) is 12.1 Å². The Hall–Kier alpha value is -1.36. The van der Waals surface area contributed by atoms with E-state index in [0.717, 1.165) is 12.1 Å². The van der Waals surface area contributed by atoms with Gasteiger partial charge in [-0.05, 0) is 12.8 Å². The van der Waals surface area contributed by atoms with Crippen molar-refractivity contribution in [1.29, 1.82) is 0 Å². The van der Waals surface area contributed by atoms with Gasteiger partial charge in [0, 0.05) is 37.9 Å². The molecule has 0 radical (unpaired) electrons. The number of carboxylic acids is 1. The standard InChI is InChI=1S/C12H19N3O2/c1-8-5-15(7-11(8)12(16)17)9(2)10-4-13-14(3)6-10/h4,6,8-9,11H,5,7H2,1-3H3,(H,16,17)/t8-,9?,11-/m1/s1. The van der Waals surface area contributed by atoms with E-state index >= 15 is 0 Å². The molecule has 2 rings (SSSR count). The Kier molecular flexibility index (Phi) is 3.19. The first kappa shape index (κ1) is 12.1. The lowest BCUT2D eigenvalue weighted by molar-refractivity contribution is -0.142. The van der Waals surface area contributed by atoms with Gasteiger partial charge < -0.3 is 5.11 Å². The molecule has 1 N–H and O–H groups in total. The van der Waals surface area contributed by atoms with Crippen LogP contribution in [0.1, 0.15) is 25.5 Å². The summed E-state index contributed by atoms with van der Waals surface area (Å²) in [5.74, 6) is -0.709. The highest BCUT2D eigenvalue weighted by atomic mass is 16.4. The van der Waals surface area contributed by atoms with Gasteiger partial charge in [0.1, 0.15) is 0 Å². The van der Waals surface area contributed by atoms with Crippen molar-refractivity contribution in [3.8, 4) is 0 Å². The topological polar surface area (TPSA) is 58.4 Å². The molecule has 0 aromatic carbocycles. The van der Waals surface area contributed by atoms with Crippen LogP contribution in [0.25, 0.3) is 0 Å². The van der Waals surface area contributed by atoms with Crippen LogP contribution in [-0.4, -0.2) is 38.8 Å². The molecule has 0 saturated carbocycles. The predicted molar refractivity (Wildman–Crippen MR) is 63.5 cm³/mol. The van der Waals surface area contributed by atoms with Gasteiger partial charge in [-0.2, -0.15) is 5.10 Å². The van der Waals surface area contributed by atoms with Crippen LogP contribution in [0.4, 0.5) is 0 Å². The van der Waals surface area contributed by atoms with Crippen LogP contribution < -0.4 is 0 Å². The number of hydrogen-bond acceptors (Lipinski definition) is 3. The Balaban J connectivity index is 2.07. The van der Waals surface area contributed by atoms with Crippen molar-refractivity contribution in [2.75, 3.05) is 13.1 Å². The van der Waals surface area contributed by atoms with Crippen molar-refractivity contribution in [2.24, 2.45) is 18.9 Å². The molecule has 1 unspecified atom stereocenters. The van der Waals surface area contributed by atoms with E-state index in [1.807, 2.05) is 26.4 Å². The second kappa shape index (κ2) is 4.49. The molecule has 1 aliphatic rings. The lowest BCUT2D eigenvalue weighted by Gasteiger charge is -2.22. The molecule has 1 fully saturated rings. The SMILES string of the molecule is CC(c1cnn(C)c1)N1C[C@@H](C)[C@H](C(=O)O)C1. The quantitative estimate of drug-likeness (QED) is 0.856. The van der Waals surface area contributed by atoms with Gasteiger partial charge in [0.15, 0.2) is 0 Å². The van der Waals surface area contributed by atoms with Crippen molar-refractivity contribution in [3.05, 3.63) is 18.0 Å². The van der Waals surface area contributed by atoms with E-state index in [9.17, 15) is 4.79 Å². The number of likely N-dealkylation sites (tertiary alicyclic amines) is 1. The fourth-order valence-electron chi connectivity index (χ4n) is 2.51. The second-order valence-corrected chi connectivity index (χ2v) is 5.00. The van der Waals surface area contributed by atoms with E-state index in [-0.39, 0.29) is 17.9 Å². The monoisotopic (exact) mass is 237 g/mol. The summed E-state index contributed by atoms with van der Waals surface area (Å²) in [5, 5.41) is 13.3. The van der Waals surface area contributed by atoms with Crippen LogP contribution in [-0.2, 0) is 11.8 Å². The first-order valence-corrected chi connectivity index (χ1v) is 5.94. The second-order valence-electron chi connectivity index (χ2n) is 5.00. The number of aliphatic carboxylic acids is 1. The summed E-state index contributed by atoms with van der Waals surface area (Å²) in [5.41, 5.74) is 1.14. The van der Waals surface area contributed by atoms with E-state index in [1.54, 1.807) is 4.68 Å². The number of aromatic nitrogens is 2. The fourth-order valence-corrected chi connectivity index (χ4v) is 2.51. The molecule has 3 atom stereocenters. The smallest absolute Gasteiger partial charge is 0.308 e. The van der Waals surface area contributed by atoms with Gasteiger partial charge >= 0.3 is 5.97 Å². The molecule has 0 spiro atoms. The number of aryl methyl sites for hydroxylation is 1. The normalized spacial score (nSPS) is 27.2. The van der Waals surface area contributed by atoms with Gasteiger partial charge in [-0.1, -0.05) is 6.92 Å². The molecular formula is C12H19N3O2. The molecule has 17 heavy (non-hydrogen) atoms. The zero-order chi connectivity index (χ0) is 12.6. The van der Waals surface area contributed by atoms with Crippen LogP contribution >= 0.6 is 0 Å². The van der Waals surface area contributed by atoms with E-state index < -0.39 is 5.97 Å². The minimum Gasteiger partial charge on any atom is -0.481 e. The third-order valence-electron chi connectivity index (χ3n) is 3.71. The molecule has 5 nitrogen and oxygen atoms in total. The highest BCUT2D eigenvalue weighted by Gasteiger charge is 2.36. The molecule has 1 saturated heterocycles. The number of nitrogens with zero attached hydrogens (tertiary/aromatic N) is 3. The molecule has 94 valence electrons. The van der Waals surface area contributed by atoms with Crippen molar-refractivity contribution in [1.82, 2.24) is 14.7 Å². The Bertz CT molecular complexity index is 416. The number of hydrogen-bond donors (Lipinski definition) is 1. The summed E-state index contributed by atoms with van der Waals surface area (Å²) in [4.78, 5) is 13.3. The first-order valence-electron chi connectivity index (χ1n) is 5.94. The lowest BCUT2D eigenvalue weighted by Crippen LogP contribution is -2.26. The van der Waals surface area contributed by atoms with Crippen molar-refractivity contribution >= 4 is 5.97 Å². The molecule has 5 heteroatoms. The number of rotatable bonds is 3. The maximum Gasteiger partial charge on any atom is 0.308 e. The van der Waals surface area contributed by atoms with Gasteiger partial charge in [-0.3, -0.25) is 14.4 Å². The summed E-state index contributed by atoms with van der Waals surface area (Å²) >= 11 is 0. The molecular weight excluding hydrogens is 218 g/mol. The fraction of sp³-hybridized carbons (Fsp3) is 0.667. The maximum absolute atomic E-state index is 11.1. The lowest BCUT2D eigenvalue weighted by atomic mass is 9.99. The van der Waals surface area contributed by atoms with Gasteiger partial charge in [0.25, 0.3) is 0 Å². The molecule has 1 aromatic heterocycles. The third-order valence-corrected chi connectivity index (χ3v) is 3.71. The molecule has 0 bridgehead atoms. The van der Waals surface area contributed by atoms with E-state index in [1.165, 1.54) is 0 Å². The van der Waals surface area contributed by atoms with Crippen molar-refractivity contribution in [3.63, 3.8) is 0 Å². The molecule has 0 aliphatic carbocycles. The van der Waals surface area contributed by atoms with Gasteiger partial charge in [-0.15, -0.1) is 0 Å². The van der Waals surface area contributed by atoms with Crippen LogP contribution in [0.2, 0.25) is 0 Å². The zero-order valence-electron chi connectivity index (χ0n) is 10.5. The first-order chi connectivity index (χ1) is 7.99. The van der Waals surface area contributed by atoms with Crippen LogP contribution in [0, 0.1) is 11.8 Å². The van der Waals surface area contributed by atoms with Gasteiger partial charge in [0.2, 0.25) is 0 Å². The summed E-state index contributed by atoms with van der Waals surface area (Å²) in [6, 6.07) is 0.232. The number of carboxylic acid groups (broad SMARTS) is 1. The zero-order valence-corrected chi connectivity index (χ0v) is 10.5. The maximum atomic E-state index is 11.1. The van der Waals surface area contributed by atoms with Crippen LogP contribution in [0.3, 0.4) is 0 Å². The molecule has 0 amide bonds. The summed E-state index contributed by atoms with van der Waals surface area (Å²) < 4.78 is 1.78. The largest absolute Gasteiger partial charge is 0.481 e. The highest BCUT2D eigenvalue weighted by Crippen LogP contribution is 2.30. The van der Waals surface area contributed by atoms with E-state index in [2.05, 4.69) is 16.9 Å². The summed E-state index contributed by atoms with van der Waals surface area (Å²) in [6.07, 6.45) is 3.84. The summed E-state index contributed by atoms with van der Waals surface area (Å²) in [6.45, 7) is 5.59. The Labute approximate surface area is 101 Å². The number of carbonyl (C=O) groups is 1. The minimum absolute atomic E-state index is 0.214. The van der Waals surface area contributed by atoms with Crippen molar-refractivity contribution < 1.29 is 9.90 Å². The highest BCUT2D eigenvalue weighted by molar-refractivity contribution is 5.71. The molecule has 2 heterocycles. The summed E-state index contributed by atoms with van der Waals surface area (Å²) in [7, 11) is 1.89. The Morgan fingerprint density at radius 2 is 2.29 bits per heavy atom. The third kappa shape index (κ3) is 2.34. The average molecular weight is 237 g/mol. The Morgan fingerprint density at radius 3 is 2.76 bits per heavy atom. The Morgan fingerprint density at radius 1 is 1.59 bits per heavy atom. The minimum atomic E-state index is -0.682. The van der Waals surface area contributed by atoms with Crippen molar-refractivity contribution in [2.45, 2.75) is 19.9 Å². The van der Waals surface area contributed by atoms with Crippen LogP contribution in [0.15, 0.2) is 12.4 Å². The van der Waals surface area contributed by atoms with Gasteiger partial charge in [-0.25, -0.2) is 0 Å². The average Bonchev–Trinajstić information content (AvgIpc) is 2.83. The van der Waals surface area contributed by atoms with E-state index in [4.69, 9.17) is 5.11 Å². The van der Waals surface area contributed by atoms with E-state index in [0.29, 0.717) is 6.54 Å². The molecule has 1 aliphatic heterocycles. The predicted octanol–water partition coefficient (Wildman–Crippen LogP) is 1.13.